The van der Waals surface area contributed by atoms with E-state index in [0.29, 0.717) is 106 Å². The highest BCUT2D eigenvalue weighted by Gasteiger charge is 2.29. The van der Waals surface area contributed by atoms with Crippen molar-refractivity contribution in [1.29, 1.82) is 10.5 Å². The van der Waals surface area contributed by atoms with Gasteiger partial charge in [-0.15, -0.1) is 0 Å². The summed E-state index contributed by atoms with van der Waals surface area (Å²) in [4.78, 5) is 74.9. The SMILES string of the molecule is CCC(=O)c1ccc(C)c(Nc2nc(N(C)CC(C)(C)C)nc(N[C@@H]3CCNC3)c2C#N)c1.CCC(=O)c1ccc(C)c(Nc2nc(N[C@@H]3CCNC3)c(C#N)c(N(C)CC(C)(C)C)n2)c1.[C-]#[N+]c1c(Nc2cc(C(=O)CC)ccc2C)nc(N[C@@H]2CCNC2)nc1N(C)CC(C)(C)C. The van der Waals surface area contributed by atoms with Gasteiger partial charge in [0.25, 0.3) is 5.69 Å². The van der Waals surface area contributed by atoms with Crippen molar-refractivity contribution in [2.45, 2.75) is 161 Å². The fourth-order valence-corrected chi connectivity index (χ4v) is 11.9. The minimum Gasteiger partial charge on any atom is -0.368 e. The first kappa shape index (κ1) is 76.8. The van der Waals surface area contributed by atoms with Crippen LogP contribution in [0.25, 0.3) is 4.85 Å². The molecular weight excluding hydrogens is 1240 g/mol. The summed E-state index contributed by atoms with van der Waals surface area (Å²) in [5.41, 5.74) is 8.40. The Bertz CT molecular complexity index is 3840. The van der Waals surface area contributed by atoms with Gasteiger partial charge >= 0.3 is 0 Å². The number of benzene rings is 3. The topological polar surface area (TPSA) is 298 Å². The summed E-state index contributed by atoms with van der Waals surface area (Å²) in [6, 6.07) is 22.0. The number of nitriles is 2. The number of aryl methyl sites for hydroxylation is 3. The Morgan fingerprint density at radius 1 is 0.505 bits per heavy atom. The van der Waals surface area contributed by atoms with Gasteiger partial charge in [0.2, 0.25) is 17.8 Å². The normalized spacial score (nSPS) is 15.7. The summed E-state index contributed by atoms with van der Waals surface area (Å²) in [6.07, 6.45) is 4.24. The quantitative estimate of drug-likeness (QED) is 0.0201. The summed E-state index contributed by atoms with van der Waals surface area (Å²) < 4.78 is 0. The van der Waals surface area contributed by atoms with E-state index in [9.17, 15) is 24.9 Å². The maximum Gasteiger partial charge on any atom is 0.269 e. The molecular formula is C75H105N21O3. The standard InChI is InChI=1S/3C25H35N7O/c1-8-20(33)17-10-9-16(2)19(13-17)29-22-21(26-6)23(32(7)15-25(3,4)5)31-24(30-22)28-18-11-12-27-14-18;1-7-21(33)17-9-8-16(2)20(12-17)29-24-30-22(28-18-10-11-27-14-18)19(13-26)23(31-24)32(6)15-25(3,4)5;1-7-21(33)17-9-8-16(2)20(12-17)29-23-19(13-26)22(28-18-10-11-27-14-18)30-24(31-23)32(6)15-25(3,4)5/h9-10,13,18,27H,8,11-12,14-15H2,1-5,7H3,(H2,28,29,30,31);2*8-9,12,18,27H,7,10-11,14-15H2,1-6H3,(H2,28,29,30,31)/t3*18-/m111/s1. The third-order valence-electron chi connectivity index (χ3n) is 16.8. The zero-order chi connectivity index (χ0) is 72.5. The van der Waals surface area contributed by atoms with Crippen molar-refractivity contribution in [1.82, 2.24) is 45.9 Å². The molecule has 0 radical (unpaired) electrons. The maximum absolute atomic E-state index is 12.3. The number of aromatic nitrogens is 6. The van der Waals surface area contributed by atoms with Crippen LogP contribution in [0.1, 0.15) is 181 Å². The third kappa shape index (κ3) is 22.0. The van der Waals surface area contributed by atoms with E-state index in [1.54, 1.807) is 0 Å². The van der Waals surface area contributed by atoms with Crippen LogP contribution in [0.3, 0.4) is 0 Å². The first-order valence-corrected chi connectivity index (χ1v) is 34.5. The van der Waals surface area contributed by atoms with Gasteiger partial charge in [0.15, 0.2) is 40.6 Å². The van der Waals surface area contributed by atoms with Crippen LogP contribution < -0.4 is 62.6 Å². The largest absolute Gasteiger partial charge is 0.368 e. The van der Waals surface area contributed by atoms with E-state index in [2.05, 4.69) is 132 Å². The molecule has 3 fully saturated rings. The van der Waals surface area contributed by atoms with Gasteiger partial charge in [-0.3, -0.25) is 14.4 Å². The van der Waals surface area contributed by atoms with Crippen LogP contribution in [0.5, 0.6) is 0 Å². The van der Waals surface area contributed by atoms with Crippen molar-refractivity contribution in [2.24, 2.45) is 16.2 Å². The molecule has 3 atom stereocenters. The molecule has 0 amide bonds. The molecule has 99 heavy (non-hydrogen) atoms. The highest BCUT2D eigenvalue weighted by molar-refractivity contribution is 5.99. The van der Waals surface area contributed by atoms with E-state index in [0.717, 1.165) is 112 Å². The van der Waals surface area contributed by atoms with Crippen molar-refractivity contribution in [3.63, 3.8) is 0 Å². The van der Waals surface area contributed by atoms with Crippen LogP contribution >= 0.6 is 0 Å². The molecule has 0 saturated carbocycles. The zero-order valence-electron chi connectivity index (χ0n) is 61.6. The van der Waals surface area contributed by atoms with Crippen LogP contribution in [0.2, 0.25) is 0 Å². The van der Waals surface area contributed by atoms with Gasteiger partial charge in [0.05, 0.1) is 6.57 Å². The minimum absolute atomic E-state index is 0.0222. The van der Waals surface area contributed by atoms with E-state index in [1.165, 1.54) is 0 Å². The second kappa shape index (κ2) is 34.3. The Hall–Kier alpha value is -9.54. The van der Waals surface area contributed by atoms with Gasteiger partial charge in [0.1, 0.15) is 34.9 Å². The third-order valence-corrected chi connectivity index (χ3v) is 16.8. The number of hydrogen-bond acceptors (Lipinski definition) is 23. The highest BCUT2D eigenvalue weighted by atomic mass is 16.1. The predicted octanol–water partition coefficient (Wildman–Crippen LogP) is 13.4. The Labute approximate surface area is 587 Å². The summed E-state index contributed by atoms with van der Waals surface area (Å²) in [5, 5.41) is 50.3. The van der Waals surface area contributed by atoms with Crippen molar-refractivity contribution >= 4 is 92.9 Å². The van der Waals surface area contributed by atoms with Gasteiger partial charge < -0.3 is 62.6 Å². The van der Waals surface area contributed by atoms with Gasteiger partial charge in [-0.2, -0.15) is 30.5 Å². The average Bonchev–Trinajstić information content (AvgIpc) is 0.979. The van der Waals surface area contributed by atoms with E-state index >= 15 is 0 Å². The number of carbonyl (C=O) groups excluding carboxylic acids is 3. The summed E-state index contributed by atoms with van der Waals surface area (Å²) >= 11 is 0. The number of nitrogens with one attached hydrogen (secondary N) is 9. The summed E-state index contributed by atoms with van der Waals surface area (Å²) in [5.74, 6) is 4.75. The zero-order valence-corrected chi connectivity index (χ0v) is 61.6. The molecule has 3 aliphatic rings. The lowest BCUT2D eigenvalue weighted by Crippen LogP contribution is -2.31. The Kier molecular flexibility index (Phi) is 26.6. The summed E-state index contributed by atoms with van der Waals surface area (Å²) in [7, 11) is 5.87. The Morgan fingerprint density at radius 2 is 0.879 bits per heavy atom. The van der Waals surface area contributed by atoms with Crippen molar-refractivity contribution < 1.29 is 14.4 Å². The van der Waals surface area contributed by atoms with E-state index in [4.69, 9.17) is 31.5 Å². The van der Waals surface area contributed by atoms with Gasteiger partial charge in [-0.25, -0.2) is 14.8 Å². The molecule has 24 nitrogen and oxygen atoms in total. The molecule has 3 saturated heterocycles. The van der Waals surface area contributed by atoms with E-state index < -0.39 is 0 Å². The molecule has 528 valence electrons. The second-order valence-corrected chi connectivity index (χ2v) is 29.6. The number of ketones is 3. The van der Waals surface area contributed by atoms with Crippen LogP contribution in [-0.4, -0.2) is 145 Å². The molecule has 3 aliphatic heterocycles. The van der Waals surface area contributed by atoms with Crippen molar-refractivity contribution in [3.05, 3.63) is 111 Å². The molecule has 0 bridgehead atoms. The molecule has 0 aliphatic carbocycles. The molecule has 3 aromatic carbocycles. The molecule has 9 N–H and O–H groups in total. The minimum atomic E-state index is 0.0222. The summed E-state index contributed by atoms with van der Waals surface area (Å²) in [6.45, 7) is 46.3. The monoisotopic (exact) mass is 1350 g/mol. The highest BCUT2D eigenvalue weighted by Crippen LogP contribution is 2.39. The van der Waals surface area contributed by atoms with E-state index in [-0.39, 0.29) is 51.7 Å². The lowest BCUT2D eigenvalue weighted by Gasteiger charge is -2.29. The van der Waals surface area contributed by atoms with Gasteiger partial charge in [-0.1, -0.05) is 119 Å². The van der Waals surface area contributed by atoms with Crippen LogP contribution in [0, 0.1) is 66.3 Å². The predicted molar refractivity (Wildman–Crippen MR) is 402 cm³/mol. The molecule has 3 aromatic heterocycles. The molecule has 0 spiro atoms. The Morgan fingerprint density at radius 3 is 1.28 bits per heavy atom. The van der Waals surface area contributed by atoms with Crippen molar-refractivity contribution in [3.8, 4) is 12.1 Å². The molecule has 6 aromatic rings. The lowest BCUT2D eigenvalue weighted by atomic mass is 9.96. The average molecular weight is 1350 g/mol. The number of hydrogen-bond donors (Lipinski definition) is 9. The number of Topliss-reactive ketones (excluding diaryl/α,β-unsaturated/α-hetero) is 3. The Balaban J connectivity index is 0.000000209. The fraction of sp³-hybridized carbons (Fsp3) is 0.520. The number of anilines is 12. The van der Waals surface area contributed by atoms with Crippen LogP contribution in [0.15, 0.2) is 54.6 Å². The lowest BCUT2D eigenvalue weighted by molar-refractivity contribution is 0.0980. The maximum atomic E-state index is 12.3. The van der Waals surface area contributed by atoms with Crippen LogP contribution in [0.4, 0.5) is 75.5 Å². The number of rotatable bonds is 24. The first-order valence-electron chi connectivity index (χ1n) is 34.5. The number of carbonyl (C=O) groups is 3. The second-order valence-electron chi connectivity index (χ2n) is 29.6. The molecule has 0 unspecified atom stereocenters. The smallest absolute Gasteiger partial charge is 0.269 e. The van der Waals surface area contributed by atoms with Gasteiger partial charge in [-0.05, 0) is 111 Å². The van der Waals surface area contributed by atoms with Crippen LogP contribution in [-0.2, 0) is 0 Å². The van der Waals surface area contributed by atoms with Crippen molar-refractivity contribution in [2.75, 3.05) is 127 Å². The van der Waals surface area contributed by atoms with E-state index in [1.807, 2.05) is 132 Å². The first-order chi connectivity index (χ1) is 46.8. The molecule has 24 heteroatoms. The molecule has 9 rings (SSSR count). The van der Waals surface area contributed by atoms with Gasteiger partial charge in [0, 0.05) is 132 Å². The fourth-order valence-electron chi connectivity index (χ4n) is 11.9. The molecule has 6 heterocycles. The number of nitrogens with zero attached hydrogens (tertiary/aromatic N) is 12.